The van der Waals surface area contributed by atoms with Gasteiger partial charge in [-0.3, -0.25) is 4.63 Å². The summed E-state index contributed by atoms with van der Waals surface area (Å²) < 4.78 is 29.1. The van der Waals surface area contributed by atoms with Crippen LogP contribution in [0.1, 0.15) is 13.8 Å². The van der Waals surface area contributed by atoms with E-state index >= 15 is 0 Å². The molecule has 0 unspecified atom stereocenters. The second-order valence-corrected chi connectivity index (χ2v) is 6.90. The summed E-state index contributed by atoms with van der Waals surface area (Å²) in [6.45, 7) is 4.12. The first kappa shape index (κ1) is 15.5. The van der Waals surface area contributed by atoms with E-state index in [1.165, 1.54) is 0 Å². The van der Waals surface area contributed by atoms with Crippen LogP contribution in [0.2, 0.25) is 0 Å². The molecule has 2 rings (SSSR count). The molecule has 1 aromatic carbocycles. The molecule has 8 heteroatoms. The molecule has 0 aliphatic carbocycles. The van der Waals surface area contributed by atoms with Gasteiger partial charge in [0.15, 0.2) is 0 Å². The van der Waals surface area contributed by atoms with Crippen molar-refractivity contribution in [3.05, 3.63) is 35.5 Å². The summed E-state index contributed by atoms with van der Waals surface area (Å²) in [7, 11) is -3.70. The van der Waals surface area contributed by atoms with Crippen LogP contribution < -0.4 is 10.2 Å². The summed E-state index contributed by atoms with van der Waals surface area (Å²) in [6, 6.07) is 8.62. The fourth-order valence-electron chi connectivity index (χ4n) is 1.84. The van der Waals surface area contributed by atoms with Gasteiger partial charge in [0.1, 0.15) is 0 Å². The quantitative estimate of drug-likeness (QED) is 0.790. The van der Waals surface area contributed by atoms with E-state index in [0.717, 1.165) is 0 Å². The molecule has 1 aromatic heterocycles. The standard InChI is InChI=1S/C13H17N3O4S/c1-10(2)14-8-9-21(18,19)13-12(16(17)20-15-13)11-6-4-3-5-7-11/h3-7,10,14H,8-9H2,1-2H3. The molecule has 0 fully saturated rings. The maximum Gasteiger partial charge on any atom is 0.339 e. The van der Waals surface area contributed by atoms with E-state index in [2.05, 4.69) is 15.1 Å². The van der Waals surface area contributed by atoms with Crippen LogP contribution in [-0.4, -0.2) is 31.9 Å². The van der Waals surface area contributed by atoms with Crippen molar-refractivity contribution in [3.63, 3.8) is 0 Å². The summed E-state index contributed by atoms with van der Waals surface area (Å²) in [5, 5.41) is 17.8. The Hall–Kier alpha value is -1.93. The Labute approximate surface area is 123 Å². The number of benzene rings is 1. The maximum atomic E-state index is 12.3. The summed E-state index contributed by atoms with van der Waals surface area (Å²) in [6.07, 6.45) is 0. The van der Waals surface area contributed by atoms with Gasteiger partial charge in [-0.1, -0.05) is 44.2 Å². The number of rotatable bonds is 6. The Bertz CT molecular complexity index is 695. The van der Waals surface area contributed by atoms with E-state index in [0.29, 0.717) is 5.56 Å². The van der Waals surface area contributed by atoms with Crippen LogP contribution in [0.25, 0.3) is 11.3 Å². The summed E-state index contributed by atoms with van der Waals surface area (Å²) >= 11 is 0. The van der Waals surface area contributed by atoms with Crippen molar-refractivity contribution in [1.29, 1.82) is 0 Å². The van der Waals surface area contributed by atoms with E-state index in [1.54, 1.807) is 30.3 Å². The molecule has 0 aliphatic heterocycles. The van der Waals surface area contributed by atoms with E-state index in [9.17, 15) is 13.6 Å². The summed E-state index contributed by atoms with van der Waals surface area (Å²) in [5.41, 5.74) is 0.365. The van der Waals surface area contributed by atoms with Crippen molar-refractivity contribution in [3.8, 4) is 11.3 Å². The lowest BCUT2D eigenvalue weighted by Crippen LogP contribution is -2.30. The monoisotopic (exact) mass is 311 g/mol. The van der Waals surface area contributed by atoms with Gasteiger partial charge in [-0.05, 0) is 4.90 Å². The van der Waals surface area contributed by atoms with Crippen molar-refractivity contribution in [2.24, 2.45) is 0 Å². The minimum absolute atomic E-state index is 0.0832. The second-order valence-electron chi connectivity index (χ2n) is 4.88. The summed E-state index contributed by atoms with van der Waals surface area (Å²) in [4.78, 5) is 0.123. The van der Waals surface area contributed by atoms with E-state index in [-0.39, 0.29) is 34.0 Å². The molecule has 2 aromatic rings. The third kappa shape index (κ3) is 3.59. The molecule has 1 N–H and O–H groups in total. The lowest BCUT2D eigenvalue weighted by Gasteiger charge is -2.06. The van der Waals surface area contributed by atoms with E-state index in [1.807, 2.05) is 13.8 Å². The van der Waals surface area contributed by atoms with Gasteiger partial charge in [0.05, 0.1) is 10.9 Å². The molecule has 0 aliphatic rings. The van der Waals surface area contributed by atoms with Crippen LogP contribution in [0.4, 0.5) is 0 Å². The van der Waals surface area contributed by atoms with Crippen LogP contribution in [0.15, 0.2) is 40.0 Å². The number of nitrogens with zero attached hydrogens (tertiary/aromatic N) is 2. The average molecular weight is 311 g/mol. The Kier molecular flexibility index (Phi) is 4.59. The second kappa shape index (κ2) is 6.23. The predicted octanol–water partition coefficient (Wildman–Crippen LogP) is 0.747. The van der Waals surface area contributed by atoms with Crippen molar-refractivity contribution >= 4 is 9.84 Å². The van der Waals surface area contributed by atoms with Crippen molar-refractivity contribution in [2.45, 2.75) is 24.9 Å². The van der Waals surface area contributed by atoms with Crippen LogP contribution in [0.3, 0.4) is 0 Å². The van der Waals surface area contributed by atoms with Crippen molar-refractivity contribution < 1.29 is 17.9 Å². The zero-order valence-corrected chi connectivity index (χ0v) is 12.6. The fraction of sp³-hybridized carbons (Fsp3) is 0.385. The van der Waals surface area contributed by atoms with Gasteiger partial charge in [-0.15, -0.1) is 0 Å². The highest BCUT2D eigenvalue weighted by molar-refractivity contribution is 7.91. The lowest BCUT2D eigenvalue weighted by atomic mass is 10.2. The normalized spacial score (nSPS) is 12.0. The number of aromatic nitrogens is 2. The first-order valence-electron chi connectivity index (χ1n) is 6.53. The molecule has 0 saturated carbocycles. The van der Waals surface area contributed by atoms with Crippen LogP contribution >= 0.6 is 0 Å². The molecule has 114 valence electrons. The highest BCUT2D eigenvalue weighted by atomic mass is 32.2. The Morgan fingerprint density at radius 2 is 2.00 bits per heavy atom. The van der Waals surface area contributed by atoms with Gasteiger partial charge >= 0.3 is 5.03 Å². The van der Waals surface area contributed by atoms with E-state index in [4.69, 9.17) is 0 Å². The van der Waals surface area contributed by atoms with Gasteiger partial charge < -0.3 is 10.5 Å². The fourth-order valence-corrected chi connectivity index (χ4v) is 3.06. The van der Waals surface area contributed by atoms with E-state index < -0.39 is 9.84 Å². The van der Waals surface area contributed by atoms with Crippen molar-refractivity contribution in [2.75, 3.05) is 12.3 Å². The average Bonchev–Trinajstić information content (AvgIpc) is 2.82. The number of hydrogen-bond acceptors (Lipinski definition) is 6. The van der Waals surface area contributed by atoms with Crippen LogP contribution in [-0.2, 0) is 9.84 Å². The van der Waals surface area contributed by atoms with Gasteiger partial charge in [0.2, 0.25) is 15.5 Å². The third-order valence-corrected chi connectivity index (χ3v) is 4.45. The molecular weight excluding hydrogens is 294 g/mol. The predicted molar refractivity (Wildman–Crippen MR) is 76.1 cm³/mol. The molecule has 7 nitrogen and oxygen atoms in total. The zero-order chi connectivity index (χ0) is 15.5. The van der Waals surface area contributed by atoms with Crippen LogP contribution in [0.5, 0.6) is 0 Å². The molecule has 0 amide bonds. The molecule has 0 spiro atoms. The Morgan fingerprint density at radius 3 is 2.62 bits per heavy atom. The third-order valence-electron chi connectivity index (χ3n) is 2.85. The molecule has 0 radical (unpaired) electrons. The minimum atomic E-state index is -3.70. The van der Waals surface area contributed by atoms with Gasteiger partial charge in [0.25, 0.3) is 0 Å². The van der Waals surface area contributed by atoms with Crippen LogP contribution in [0, 0.1) is 5.21 Å². The number of hydrogen-bond donors (Lipinski definition) is 1. The van der Waals surface area contributed by atoms with Gasteiger partial charge in [-0.25, -0.2) is 8.42 Å². The first-order valence-corrected chi connectivity index (χ1v) is 8.18. The summed E-state index contributed by atoms with van der Waals surface area (Å²) in [5.74, 6) is -0.155. The molecule has 1 heterocycles. The highest BCUT2D eigenvalue weighted by Crippen LogP contribution is 2.22. The molecular formula is C13H17N3O4S. The molecule has 21 heavy (non-hydrogen) atoms. The lowest BCUT2D eigenvalue weighted by molar-refractivity contribution is -0.793. The smallest absolute Gasteiger partial charge is 0.339 e. The Morgan fingerprint density at radius 1 is 1.33 bits per heavy atom. The molecule has 0 saturated heterocycles. The number of sulfone groups is 1. The molecule has 0 atom stereocenters. The van der Waals surface area contributed by atoms with Gasteiger partial charge in [-0.2, -0.15) is 0 Å². The zero-order valence-electron chi connectivity index (χ0n) is 11.8. The first-order chi connectivity index (χ1) is 9.92. The van der Waals surface area contributed by atoms with Gasteiger partial charge in [0, 0.05) is 18.2 Å². The SMILES string of the molecule is CC(C)NCCS(=O)(=O)c1no[n+]([O-])c1-c1ccccc1. The largest absolute Gasteiger partial charge is 0.359 e. The minimum Gasteiger partial charge on any atom is -0.359 e. The molecule has 0 bridgehead atoms. The van der Waals surface area contributed by atoms with Crippen molar-refractivity contribution in [1.82, 2.24) is 10.5 Å². The number of nitrogens with one attached hydrogen (secondary N) is 1. The highest BCUT2D eigenvalue weighted by Gasteiger charge is 2.32. The topological polar surface area (TPSA) is 99.1 Å². The maximum absolute atomic E-state index is 12.3. The Balaban J connectivity index is 2.33.